The van der Waals surface area contributed by atoms with Crippen LogP contribution >= 0.6 is 11.3 Å². The fourth-order valence-electron chi connectivity index (χ4n) is 6.03. The van der Waals surface area contributed by atoms with Gasteiger partial charge in [-0.2, -0.15) is 0 Å². The number of aromatic nitrogens is 2. The maximum atomic E-state index is 6.41. The zero-order valence-corrected chi connectivity index (χ0v) is 21.4. The van der Waals surface area contributed by atoms with Gasteiger partial charge in [-0.05, 0) is 50.1 Å². The molecule has 2 aromatic heterocycles. The molecule has 1 N–H and O–H groups in total. The highest BCUT2D eigenvalue weighted by atomic mass is 32.1. The minimum absolute atomic E-state index is 0. The van der Waals surface area contributed by atoms with Crippen molar-refractivity contribution in [2.45, 2.75) is 31.4 Å². The van der Waals surface area contributed by atoms with Gasteiger partial charge in [-0.15, -0.1) is 11.3 Å². The highest BCUT2D eigenvalue weighted by Crippen LogP contribution is 2.75. The summed E-state index contributed by atoms with van der Waals surface area (Å²) in [7, 11) is 3.95. The molecule has 2 saturated carbocycles. The van der Waals surface area contributed by atoms with Crippen molar-refractivity contribution in [3.63, 3.8) is 0 Å². The molecule has 8 heteroatoms. The van der Waals surface area contributed by atoms with E-state index in [1.54, 1.807) is 18.4 Å². The van der Waals surface area contributed by atoms with Crippen LogP contribution in [0.5, 0.6) is 0 Å². The maximum Gasteiger partial charge on any atom is 0.223 e. The number of fused-ring (bicyclic) bond motifs is 5. The lowest BCUT2D eigenvalue weighted by atomic mass is 9.88. The summed E-state index contributed by atoms with van der Waals surface area (Å²) < 4.78 is 17.5. The average molecular weight is 497 g/mol. The van der Waals surface area contributed by atoms with Crippen LogP contribution in [0.15, 0.2) is 48.4 Å². The summed E-state index contributed by atoms with van der Waals surface area (Å²) in [4.78, 5) is 14.3. The van der Waals surface area contributed by atoms with E-state index in [4.69, 9.17) is 19.2 Å². The third kappa shape index (κ3) is 4.42. The molecule has 4 atom stereocenters. The molecule has 188 valence electrons. The zero-order chi connectivity index (χ0) is 23.9. The Morgan fingerprint density at radius 3 is 3.11 bits per heavy atom. The third-order valence-electron chi connectivity index (χ3n) is 7.86. The molecule has 4 unspecified atom stereocenters. The minimum atomic E-state index is 0. The van der Waals surface area contributed by atoms with Crippen molar-refractivity contribution in [1.29, 1.82) is 0 Å². The predicted octanol–water partition coefficient (Wildman–Crippen LogP) is 4.60. The SMILES string of the molecule is COCCCOC1=CC2CC23Nc2nccc(n2)-c2ccc(s2)COC/C=C/CN(C)CC12CC23.[HH]. The molecule has 2 fully saturated rings. The van der Waals surface area contributed by atoms with Gasteiger partial charge in [0.1, 0.15) is 5.76 Å². The zero-order valence-electron chi connectivity index (χ0n) is 20.5. The Morgan fingerprint density at radius 1 is 1.26 bits per heavy atom. The summed E-state index contributed by atoms with van der Waals surface area (Å²) in [5.41, 5.74) is 1.05. The number of anilines is 1. The summed E-state index contributed by atoms with van der Waals surface area (Å²) in [6.07, 6.45) is 11.8. The molecule has 0 aromatic carbocycles. The topological polar surface area (TPSA) is 68.7 Å². The average Bonchev–Trinajstić information content (AvgIpc) is 3.70. The van der Waals surface area contributed by atoms with E-state index in [9.17, 15) is 0 Å². The fourth-order valence-corrected chi connectivity index (χ4v) is 6.94. The molecular formula is C27H36N4O3S. The second kappa shape index (κ2) is 9.32. The quantitative estimate of drug-likeness (QED) is 0.479. The van der Waals surface area contributed by atoms with E-state index in [2.05, 4.69) is 52.6 Å². The lowest BCUT2D eigenvalue weighted by molar-refractivity contribution is 0.108. The summed E-state index contributed by atoms with van der Waals surface area (Å²) in [6, 6.07) is 6.26. The van der Waals surface area contributed by atoms with Crippen molar-refractivity contribution in [2.24, 2.45) is 17.3 Å². The number of hydrogen-bond acceptors (Lipinski definition) is 8. The maximum absolute atomic E-state index is 6.41. The van der Waals surface area contributed by atoms with Gasteiger partial charge in [0.05, 0.1) is 35.9 Å². The van der Waals surface area contributed by atoms with E-state index in [1.807, 2.05) is 12.3 Å². The number of thiophene rings is 1. The Balaban J connectivity index is 0.00000267. The van der Waals surface area contributed by atoms with Gasteiger partial charge >= 0.3 is 0 Å². The Morgan fingerprint density at radius 2 is 2.20 bits per heavy atom. The highest BCUT2D eigenvalue weighted by Gasteiger charge is 2.77. The summed E-state index contributed by atoms with van der Waals surface area (Å²) in [5, 5.41) is 3.81. The number of rotatable bonds is 5. The molecule has 6 rings (SSSR count). The number of methoxy groups -OCH3 is 1. The molecule has 4 aliphatic rings. The van der Waals surface area contributed by atoms with Crippen molar-refractivity contribution in [3.8, 4) is 10.6 Å². The van der Waals surface area contributed by atoms with Crippen molar-refractivity contribution < 1.29 is 15.6 Å². The van der Waals surface area contributed by atoms with E-state index in [0.29, 0.717) is 31.7 Å². The third-order valence-corrected chi connectivity index (χ3v) is 8.94. The lowest BCUT2D eigenvalue weighted by Crippen LogP contribution is -2.39. The van der Waals surface area contributed by atoms with E-state index in [1.165, 1.54) is 10.6 Å². The van der Waals surface area contributed by atoms with Gasteiger partial charge in [0.25, 0.3) is 0 Å². The van der Waals surface area contributed by atoms with Crippen LogP contribution in [0.3, 0.4) is 0 Å². The number of likely N-dealkylation sites (N-methyl/N-ethyl adjacent to an activating group) is 1. The monoisotopic (exact) mass is 496 g/mol. The molecule has 1 spiro atoms. The molecule has 1 aliphatic heterocycles. The highest BCUT2D eigenvalue weighted by molar-refractivity contribution is 7.15. The smallest absolute Gasteiger partial charge is 0.223 e. The number of ether oxygens (including phenoxy) is 3. The van der Waals surface area contributed by atoms with Gasteiger partial charge in [0, 0.05) is 57.1 Å². The van der Waals surface area contributed by atoms with Crippen LogP contribution in [0.4, 0.5) is 5.95 Å². The van der Waals surface area contributed by atoms with Gasteiger partial charge in [-0.3, -0.25) is 0 Å². The molecular weight excluding hydrogens is 460 g/mol. The Hall–Kier alpha value is -2.26. The van der Waals surface area contributed by atoms with Gasteiger partial charge in [-0.1, -0.05) is 12.2 Å². The molecule has 35 heavy (non-hydrogen) atoms. The second-order valence-electron chi connectivity index (χ2n) is 10.3. The number of hydrogen-bond donors (Lipinski definition) is 1. The van der Waals surface area contributed by atoms with Crippen molar-refractivity contribution >= 4 is 17.3 Å². The van der Waals surface area contributed by atoms with Crippen LogP contribution in [-0.4, -0.2) is 67.5 Å². The van der Waals surface area contributed by atoms with Crippen LogP contribution < -0.4 is 5.32 Å². The van der Waals surface area contributed by atoms with Crippen molar-refractivity contribution in [2.75, 3.05) is 52.4 Å². The molecule has 6 bridgehead atoms. The van der Waals surface area contributed by atoms with Gasteiger partial charge in [0.2, 0.25) is 5.95 Å². The first kappa shape index (κ1) is 23.2. The molecule has 7 nitrogen and oxygen atoms in total. The van der Waals surface area contributed by atoms with Crippen LogP contribution in [0.25, 0.3) is 10.6 Å². The molecule has 0 saturated heterocycles. The minimum Gasteiger partial charge on any atom is -0.498 e. The molecule has 0 amide bonds. The second-order valence-corrected chi connectivity index (χ2v) is 11.5. The first-order chi connectivity index (χ1) is 17.1. The van der Waals surface area contributed by atoms with Gasteiger partial charge < -0.3 is 24.4 Å². The predicted molar refractivity (Wildman–Crippen MR) is 139 cm³/mol. The summed E-state index contributed by atoms with van der Waals surface area (Å²) in [5.74, 6) is 2.91. The van der Waals surface area contributed by atoms with Crippen LogP contribution in [-0.2, 0) is 20.8 Å². The number of nitrogens with zero attached hydrogens (tertiary/aromatic N) is 3. The first-order valence-electron chi connectivity index (χ1n) is 12.6. The largest absolute Gasteiger partial charge is 0.498 e. The summed E-state index contributed by atoms with van der Waals surface area (Å²) in [6.45, 7) is 4.54. The van der Waals surface area contributed by atoms with Crippen LogP contribution in [0, 0.1) is 17.3 Å². The normalized spacial score (nSPS) is 32.7. The first-order valence-corrected chi connectivity index (χ1v) is 13.4. The summed E-state index contributed by atoms with van der Waals surface area (Å²) >= 11 is 1.73. The molecule has 0 radical (unpaired) electrons. The van der Waals surface area contributed by atoms with E-state index >= 15 is 0 Å². The molecule has 2 aromatic rings. The van der Waals surface area contributed by atoms with E-state index < -0.39 is 0 Å². The fraction of sp³-hybridized carbons (Fsp3) is 0.556. The lowest BCUT2D eigenvalue weighted by Gasteiger charge is -2.33. The van der Waals surface area contributed by atoms with Crippen LogP contribution in [0.2, 0.25) is 0 Å². The van der Waals surface area contributed by atoms with Gasteiger partial charge in [-0.25, -0.2) is 9.97 Å². The van der Waals surface area contributed by atoms with Crippen molar-refractivity contribution in [1.82, 2.24) is 14.9 Å². The Labute approximate surface area is 212 Å². The molecule has 3 aliphatic carbocycles. The number of nitrogens with one attached hydrogen (secondary N) is 1. The Bertz CT molecular complexity index is 1140. The van der Waals surface area contributed by atoms with Gasteiger partial charge in [0.15, 0.2) is 0 Å². The standard InChI is InChI=1S/C27H34N4O3S.H2/c1-31-10-3-4-12-33-17-20-6-7-22(35-20)21-8-9-28-25(29-21)30-27-15-19(27)14-24(34-13-5-11-32-2)26(18-31)16-23(26)27;/h3-4,6-9,14,19,23H,5,10-13,15-18H2,1-2H3,(H,28,29,30);1H/b4-3+;. The molecule has 3 heterocycles. The van der Waals surface area contributed by atoms with E-state index in [0.717, 1.165) is 55.5 Å². The Kier molecular flexibility index (Phi) is 6.16. The van der Waals surface area contributed by atoms with Crippen LogP contribution in [0.1, 0.15) is 25.6 Å². The van der Waals surface area contributed by atoms with Crippen molar-refractivity contribution in [3.05, 3.63) is 53.3 Å². The van der Waals surface area contributed by atoms with E-state index in [-0.39, 0.29) is 12.4 Å².